The predicted octanol–water partition coefficient (Wildman–Crippen LogP) is 2.42. The van der Waals surface area contributed by atoms with Gasteiger partial charge in [-0.25, -0.2) is 0 Å². The first-order chi connectivity index (χ1) is 8.29. The lowest BCUT2D eigenvalue weighted by atomic mass is 9.92. The van der Waals surface area contributed by atoms with E-state index in [0.717, 1.165) is 18.3 Å². The summed E-state index contributed by atoms with van der Waals surface area (Å²) in [6.07, 6.45) is 4.02. The first-order valence-electron chi connectivity index (χ1n) is 6.13. The van der Waals surface area contributed by atoms with Crippen molar-refractivity contribution in [3.63, 3.8) is 0 Å². The molecule has 0 bridgehead atoms. The first-order valence-corrected chi connectivity index (χ1v) is 6.13. The second kappa shape index (κ2) is 5.70. The minimum atomic E-state index is 0.670. The van der Waals surface area contributed by atoms with E-state index in [-0.39, 0.29) is 0 Å². The first kappa shape index (κ1) is 11.9. The minimum absolute atomic E-state index is 0.670. The summed E-state index contributed by atoms with van der Waals surface area (Å²) in [5, 5.41) is 8.67. The van der Waals surface area contributed by atoms with Crippen molar-refractivity contribution in [1.29, 1.82) is 5.26 Å². The van der Waals surface area contributed by atoms with Gasteiger partial charge in [0.2, 0.25) is 0 Å². The Morgan fingerprint density at radius 1 is 1.35 bits per heavy atom. The maximum Gasteiger partial charge on any atom is 0.119 e. The molecule has 0 atom stereocenters. The number of hydrogen-bond donors (Lipinski definition) is 0. The van der Waals surface area contributed by atoms with E-state index < -0.39 is 0 Å². The summed E-state index contributed by atoms with van der Waals surface area (Å²) in [5.74, 6) is 0.839. The average Bonchev–Trinajstić information content (AvgIpc) is 2.27. The van der Waals surface area contributed by atoms with Gasteiger partial charge in [-0.15, -0.1) is 0 Å². The minimum Gasteiger partial charge on any atom is -0.492 e. The Bertz CT molecular complexity index is 390. The van der Waals surface area contributed by atoms with Crippen LogP contribution < -0.4 is 4.74 Å². The van der Waals surface area contributed by atoms with Gasteiger partial charge in [0.15, 0.2) is 0 Å². The van der Waals surface area contributed by atoms with Crippen LogP contribution >= 0.6 is 0 Å². The van der Waals surface area contributed by atoms with Gasteiger partial charge >= 0.3 is 0 Å². The van der Waals surface area contributed by atoms with E-state index in [1.54, 1.807) is 12.1 Å². The summed E-state index contributed by atoms with van der Waals surface area (Å²) in [7, 11) is 2.16. The van der Waals surface area contributed by atoms with Crippen molar-refractivity contribution < 1.29 is 4.74 Å². The van der Waals surface area contributed by atoms with Crippen LogP contribution in [0, 0.1) is 11.3 Å². The summed E-state index contributed by atoms with van der Waals surface area (Å²) in [4.78, 5) is 2.37. The number of benzene rings is 1. The number of ether oxygens (including phenoxy) is 1. The SMILES string of the molecule is CN(CCOc1ccc(C#N)cc1)C1CCC1. The van der Waals surface area contributed by atoms with Crippen molar-refractivity contribution in [2.24, 2.45) is 0 Å². The Labute approximate surface area is 103 Å². The average molecular weight is 230 g/mol. The second-order valence-electron chi connectivity index (χ2n) is 4.55. The molecule has 1 saturated carbocycles. The standard InChI is InChI=1S/C14H18N2O/c1-16(13-3-2-4-13)9-10-17-14-7-5-12(11-15)6-8-14/h5-8,13H,2-4,9-10H2,1H3. The fourth-order valence-electron chi connectivity index (χ4n) is 1.94. The molecule has 0 unspecified atom stereocenters. The Morgan fingerprint density at radius 3 is 2.59 bits per heavy atom. The molecule has 90 valence electrons. The number of likely N-dealkylation sites (N-methyl/N-ethyl adjacent to an activating group) is 1. The molecule has 1 aromatic rings. The lowest BCUT2D eigenvalue weighted by Gasteiger charge is -2.34. The third-order valence-corrected chi connectivity index (χ3v) is 3.39. The van der Waals surface area contributed by atoms with E-state index in [1.807, 2.05) is 12.1 Å². The molecule has 1 aliphatic rings. The predicted molar refractivity (Wildman–Crippen MR) is 66.9 cm³/mol. The molecule has 0 N–H and O–H groups in total. The van der Waals surface area contributed by atoms with Gasteiger partial charge < -0.3 is 9.64 Å². The van der Waals surface area contributed by atoms with Crippen LogP contribution in [0.3, 0.4) is 0 Å². The molecule has 0 spiro atoms. The summed E-state index contributed by atoms with van der Waals surface area (Å²) >= 11 is 0. The Kier molecular flexibility index (Phi) is 4.00. The number of nitriles is 1. The Morgan fingerprint density at radius 2 is 2.06 bits per heavy atom. The van der Waals surface area contributed by atoms with Gasteiger partial charge in [-0.1, -0.05) is 6.42 Å². The molecule has 0 amide bonds. The fraction of sp³-hybridized carbons (Fsp3) is 0.500. The van der Waals surface area contributed by atoms with E-state index in [2.05, 4.69) is 18.0 Å². The van der Waals surface area contributed by atoms with Crippen LogP contribution in [0.4, 0.5) is 0 Å². The van der Waals surface area contributed by atoms with Gasteiger partial charge in [0, 0.05) is 12.6 Å². The Hall–Kier alpha value is -1.53. The molecule has 0 saturated heterocycles. The highest BCUT2D eigenvalue weighted by Gasteiger charge is 2.21. The van der Waals surface area contributed by atoms with Crippen molar-refractivity contribution in [3.05, 3.63) is 29.8 Å². The van der Waals surface area contributed by atoms with Gasteiger partial charge in [0.1, 0.15) is 12.4 Å². The van der Waals surface area contributed by atoms with E-state index in [9.17, 15) is 0 Å². The van der Waals surface area contributed by atoms with Crippen LogP contribution in [0.25, 0.3) is 0 Å². The summed E-state index contributed by atoms with van der Waals surface area (Å²) in [6.45, 7) is 1.67. The molecule has 1 aliphatic carbocycles. The smallest absolute Gasteiger partial charge is 0.119 e. The van der Waals surface area contributed by atoms with Gasteiger partial charge in [-0.2, -0.15) is 5.26 Å². The number of rotatable bonds is 5. The largest absolute Gasteiger partial charge is 0.492 e. The maximum atomic E-state index is 8.67. The number of hydrogen-bond acceptors (Lipinski definition) is 3. The van der Waals surface area contributed by atoms with Gasteiger partial charge in [-0.3, -0.25) is 0 Å². The molecule has 0 aliphatic heterocycles. The molecule has 0 aromatic heterocycles. The van der Waals surface area contributed by atoms with Crippen LogP contribution in [-0.4, -0.2) is 31.1 Å². The normalized spacial score (nSPS) is 15.4. The fourth-order valence-corrected chi connectivity index (χ4v) is 1.94. The molecule has 0 radical (unpaired) electrons. The third-order valence-electron chi connectivity index (χ3n) is 3.39. The van der Waals surface area contributed by atoms with Gasteiger partial charge in [0.25, 0.3) is 0 Å². The topological polar surface area (TPSA) is 36.3 Å². The maximum absolute atomic E-state index is 8.67. The molecule has 1 fully saturated rings. The zero-order valence-corrected chi connectivity index (χ0v) is 10.2. The third kappa shape index (κ3) is 3.21. The molecule has 3 nitrogen and oxygen atoms in total. The van der Waals surface area contributed by atoms with Crippen molar-refractivity contribution in [1.82, 2.24) is 4.90 Å². The summed E-state index contributed by atoms with van der Waals surface area (Å²) in [5.41, 5.74) is 0.670. The molecule has 17 heavy (non-hydrogen) atoms. The molecule has 2 rings (SSSR count). The van der Waals surface area contributed by atoms with Crippen LogP contribution in [0.5, 0.6) is 5.75 Å². The molecule has 1 aromatic carbocycles. The lowest BCUT2D eigenvalue weighted by Crippen LogP contribution is -2.39. The lowest BCUT2D eigenvalue weighted by molar-refractivity contribution is 0.135. The quantitative estimate of drug-likeness (QED) is 0.779. The van der Waals surface area contributed by atoms with E-state index in [0.29, 0.717) is 12.2 Å². The Balaban J connectivity index is 1.72. The van der Waals surface area contributed by atoms with Crippen LogP contribution in [0.2, 0.25) is 0 Å². The van der Waals surface area contributed by atoms with Crippen molar-refractivity contribution in [2.75, 3.05) is 20.2 Å². The monoisotopic (exact) mass is 230 g/mol. The summed E-state index contributed by atoms with van der Waals surface area (Å²) < 4.78 is 5.64. The van der Waals surface area contributed by atoms with Gasteiger partial charge in [-0.05, 0) is 44.2 Å². The number of nitrogens with zero attached hydrogens (tertiary/aromatic N) is 2. The van der Waals surface area contributed by atoms with Crippen molar-refractivity contribution in [3.8, 4) is 11.8 Å². The molecule has 3 heteroatoms. The van der Waals surface area contributed by atoms with Crippen molar-refractivity contribution >= 4 is 0 Å². The highest BCUT2D eigenvalue weighted by molar-refractivity contribution is 5.34. The highest BCUT2D eigenvalue weighted by Crippen LogP contribution is 2.23. The van der Waals surface area contributed by atoms with Crippen LogP contribution in [0.1, 0.15) is 24.8 Å². The van der Waals surface area contributed by atoms with E-state index in [4.69, 9.17) is 10.00 Å². The van der Waals surface area contributed by atoms with Crippen LogP contribution in [-0.2, 0) is 0 Å². The molecular weight excluding hydrogens is 212 g/mol. The zero-order valence-electron chi connectivity index (χ0n) is 10.2. The van der Waals surface area contributed by atoms with Crippen LogP contribution in [0.15, 0.2) is 24.3 Å². The van der Waals surface area contributed by atoms with E-state index in [1.165, 1.54) is 19.3 Å². The molecular formula is C14H18N2O. The second-order valence-corrected chi connectivity index (χ2v) is 4.55. The van der Waals surface area contributed by atoms with E-state index >= 15 is 0 Å². The summed E-state index contributed by atoms with van der Waals surface area (Å²) in [6, 6.07) is 10.1. The van der Waals surface area contributed by atoms with Gasteiger partial charge in [0.05, 0.1) is 11.6 Å². The zero-order chi connectivity index (χ0) is 12.1. The van der Waals surface area contributed by atoms with Crippen molar-refractivity contribution in [2.45, 2.75) is 25.3 Å². The molecule has 0 heterocycles. The highest BCUT2D eigenvalue weighted by atomic mass is 16.5.